The molecular weight excluding hydrogens is 230 g/mol. The highest BCUT2D eigenvalue weighted by Gasteiger charge is 2.45. The van der Waals surface area contributed by atoms with Crippen LogP contribution in [0, 0.1) is 5.92 Å². The summed E-state index contributed by atoms with van der Waals surface area (Å²) < 4.78 is 11.0. The van der Waals surface area contributed by atoms with E-state index in [0.717, 1.165) is 25.8 Å². The zero-order chi connectivity index (χ0) is 13.4. The molecule has 0 unspecified atom stereocenters. The zero-order valence-corrected chi connectivity index (χ0v) is 11.9. The van der Waals surface area contributed by atoms with Gasteiger partial charge in [-0.2, -0.15) is 0 Å². The third-order valence-corrected chi connectivity index (χ3v) is 4.00. The van der Waals surface area contributed by atoms with Gasteiger partial charge in [-0.15, -0.1) is 0 Å². The Labute approximate surface area is 109 Å². The first-order chi connectivity index (χ1) is 8.30. The van der Waals surface area contributed by atoms with Crippen molar-refractivity contribution >= 4 is 5.97 Å². The summed E-state index contributed by atoms with van der Waals surface area (Å²) in [4.78, 5) is 11.4. The molecule has 0 amide bonds. The van der Waals surface area contributed by atoms with E-state index in [4.69, 9.17) is 9.47 Å². The molecule has 0 aromatic rings. The van der Waals surface area contributed by atoms with Gasteiger partial charge < -0.3 is 14.8 Å². The number of esters is 1. The van der Waals surface area contributed by atoms with Crippen molar-refractivity contribution in [3.63, 3.8) is 0 Å². The maximum absolute atomic E-state index is 11.4. The van der Waals surface area contributed by atoms with E-state index in [-0.39, 0.29) is 23.1 Å². The van der Waals surface area contributed by atoms with Crippen LogP contribution in [0.2, 0.25) is 0 Å². The summed E-state index contributed by atoms with van der Waals surface area (Å²) in [5.74, 6) is 0.0648. The topological polar surface area (TPSA) is 47.6 Å². The number of cyclic esters (lactones) is 1. The Balaban J connectivity index is 1.78. The Morgan fingerprint density at radius 2 is 2.06 bits per heavy atom. The molecule has 1 N–H and O–H groups in total. The first kappa shape index (κ1) is 13.8. The fourth-order valence-corrected chi connectivity index (χ4v) is 3.11. The number of nitrogens with one attached hydrogen (secondary N) is 1. The zero-order valence-electron chi connectivity index (χ0n) is 11.9. The van der Waals surface area contributed by atoms with Crippen molar-refractivity contribution in [2.24, 2.45) is 5.92 Å². The van der Waals surface area contributed by atoms with Crippen molar-refractivity contribution in [1.29, 1.82) is 0 Å². The lowest BCUT2D eigenvalue weighted by Gasteiger charge is -2.28. The highest BCUT2D eigenvalue weighted by molar-refractivity contribution is 5.74. The van der Waals surface area contributed by atoms with Crippen molar-refractivity contribution in [1.82, 2.24) is 5.32 Å². The molecule has 0 saturated carbocycles. The maximum atomic E-state index is 11.4. The third kappa shape index (κ3) is 3.04. The average Bonchev–Trinajstić information content (AvgIpc) is 2.69. The van der Waals surface area contributed by atoms with Gasteiger partial charge in [0.25, 0.3) is 0 Å². The largest absolute Gasteiger partial charge is 0.465 e. The minimum Gasteiger partial charge on any atom is -0.465 e. The second kappa shape index (κ2) is 4.82. The SMILES string of the molecule is CC1(C)C[C@H](NCC[C@H]2CCOC2=O)C(C)(C)O1. The summed E-state index contributed by atoms with van der Waals surface area (Å²) >= 11 is 0. The first-order valence-electron chi connectivity index (χ1n) is 6.90. The van der Waals surface area contributed by atoms with Gasteiger partial charge in [-0.05, 0) is 53.5 Å². The van der Waals surface area contributed by atoms with E-state index in [9.17, 15) is 4.79 Å². The van der Waals surface area contributed by atoms with Gasteiger partial charge in [0.15, 0.2) is 0 Å². The monoisotopic (exact) mass is 255 g/mol. The van der Waals surface area contributed by atoms with Gasteiger partial charge in [-0.1, -0.05) is 0 Å². The van der Waals surface area contributed by atoms with Crippen LogP contribution >= 0.6 is 0 Å². The lowest BCUT2D eigenvalue weighted by atomic mass is 9.94. The molecule has 0 aliphatic carbocycles. The van der Waals surface area contributed by atoms with E-state index in [1.165, 1.54) is 0 Å². The van der Waals surface area contributed by atoms with Crippen molar-refractivity contribution in [2.45, 2.75) is 64.2 Å². The fraction of sp³-hybridized carbons (Fsp3) is 0.929. The summed E-state index contributed by atoms with van der Waals surface area (Å²) in [5.41, 5.74) is -0.201. The standard InChI is InChI=1S/C14H25NO3/c1-13(2)9-11(14(3,4)18-13)15-7-5-10-6-8-17-12(10)16/h10-11,15H,5-9H2,1-4H3/t10-,11-/m0/s1. The molecule has 4 nitrogen and oxygen atoms in total. The van der Waals surface area contributed by atoms with Gasteiger partial charge in [0.05, 0.1) is 23.7 Å². The molecule has 2 rings (SSSR count). The number of hydrogen-bond acceptors (Lipinski definition) is 4. The summed E-state index contributed by atoms with van der Waals surface area (Å²) in [6.45, 7) is 9.96. The minimum absolute atomic E-state index is 0.0286. The van der Waals surface area contributed by atoms with Crippen molar-refractivity contribution in [3.8, 4) is 0 Å². The highest BCUT2D eigenvalue weighted by Crippen LogP contribution is 2.37. The quantitative estimate of drug-likeness (QED) is 0.779. The van der Waals surface area contributed by atoms with Crippen LogP contribution < -0.4 is 5.32 Å². The van der Waals surface area contributed by atoms with E-state index < -0.39 is 0 Å². The molecule has 0 bridgehead atoms. The van der Waals surface area contributed by atoms with Gasteiger partial charge in [0.2, 0.25) is 0 Å². The molecule has 104 valence electrons. The summed E-state index contributed by atoms with van der Waals surface area (Å²) in [5, 5.41) is 3.54. The number of rotatable bonds is 4. The molecule has 2 aliphatic rings. The predicted octanol–water partition coefficient (Wildman–Crippen LogP) is 1.88. The Morgan fingerprint density at radius 3 is 2.56 bits per heavy atom. The normalized spacial score (nSPS) is 33.7. The van der Waals surface area contributed by atoms with Crippen LogP contribution in [0.15, 0.2) is 0 Å². The van der Waals surface area contributed by atoms with Crippen LogP contribution in [0.1, 0.15) is 47.0 Å². The summed E-state index contributed by atoms with van der Waals surface area (Å²) in [6, 6.07) is 0.352. The number of hydrogen-bond donors (Lipinski definition) is 1. The number of carbonyl (C=O) groups is 1. The van der Waals surface area contributed by atoms with Gasteiger partial charge in [-0.3, -0.25) is 4.79 Å². The maximum Gasteiger partial charge on any atom is 0.309 e. The molecule has 2 saturated heterocycles. The van der Waals surface area contributed by atoms with E-state index in [2.05, 4.69) is 33.0 Å². The second-order valence-corrected chi connectivity index (χ2v) is 6.62. The Hall–Kier alpha value is -0.610. The van der Waals surface area contributed by atoms with Crippen molar-refractivity contribution in [3.05, 3.63) is 0 Å². The Kier molecular flexibility index (Phi) is 3.70. The van der Waals surface area contributed by atoms with Gasteiger partial charge in [-0.25, -0.2) is 0 Å². The fourth-order valence-electron chi connectivity index (χ4n) is 3.11. The molecule has 18 heavy (non-hydrogen) atoms. The summed E-state index contributed by atoms with van der Waals surface area (Å²) in [7, 11) is 0. The number of carbonyl (C=O) groups excluding carboxylic acids is 1. The summed E-state index contributed by atoms with van der Waals surface area (Å²) in [6.07, 6.45) is 2.75. The molecule has 2 heterocycles. The second-order valence-electron chi connectivity index (χ2n) is 6.62. The van der Waals surface area contributed by atoms with Crippen LogP contribution in [0.4, 0.5) is 0 Å². The molecule has 0 aromatic carbocycles. The Bertz CT molecular complexity index is 325. The third-order valence-electron chi connectivity index (χ3n) is 4.00. The molecule has 2 aliphatic heterocycles. The van der Waals surface area contributed by atoms with Crippen LogP contribution in [0.3, 0.4) is 0 Å². The molecule has 0 radical (unpaired) electrons. The minimum atomic E-state index is -0.139. The van der Waals surface area contributed by atoms with Gasteiger partial charge >= 0.3 is 5.97 Å². The first-order valence-corrected chi connectivity index (χ1v) is 6.90. The van der Waals surface area contributed by atoms with Gasteiger partial charge in [0.1, 0.15) is 0 Å². The van der Waals surface area contributed by atoms with E-state index in [1.807, 2.05) is 0 Å². The van der Waals surface area contributed by atoms with E-state index >= 15 is 0 Å². The van der Waals surface area contributed by atoms with E-state index in [0.29, 0.717) is 12.6 Å². The van der Waals surface area contributed by atoms with Gasteiger partial charge in [0, 0.05) is 6.04 Å². The van der Waals surface area contributed by atoms with Crippen LogP contribution in [0.5, 0.6) is 0 Å². The molecular formula is C14H25NO3. The van der Waals surface area contributed by atoms with E-state index in [1.54, 1.807) is 0 Å². The Morgan fingerprint density at radius 1 is 1.33 bits per heavy atom. The predicted molar refractivity (Wildman–Crippen MR) is 69.3 cm³/mol. The van der Waals surface area contributed by atoms with Crippen molar-refractivity contribution in [2.75, 3.05) is 13.2 Å². The molecule has 0 aromatic heterocycles. The molecule has 2 atom stereocenters. The lowest BCUT2D eigenvalue weighted by molar-refractivity contribution is -0.141. The van der Waals surface area contributed by atoms with Crippen molar-refractivity contribution < 1.29 is 14.3 Å². The molecule has 4 heteroatoms. The van der Waals surface area contributed by atoms with Crippen LogP contribution in [0.25, 0.3) is 0 Å². The van der Waals surface area contributed by atoms with Crippen LogP contribution in [-0.4, -0.2) is 36.4 Å². The number of ether oxygens (including phenoxy) is 2. The average molecular weight is 255 g/mol. The molecule has 2 fully saturated rings. The van der Waals surface area contributed by atoms with Crippen LogP contribution in [-0.2, 0) is 14.3 Å². The lowest BCUT2D eigenvalue weighted by Crippen LogP contribution is -2.44. The molecule has 0 spiro atoms. The smallest absolute Gasteiger partial charge is 0.309 e. The highest BCUT2D eigenvalue weighted by atomic mass is 16.5.